The van der Waals surface area contributed by atoms with Crippen LogP contribution in [0.5, 0.6) is 11.5 Å². The Morgan fingerprint density at radius 2 is 2.00 bits per heavy atom. The third kappa shape index (κ3) is 3.60. The number of carbonyl (C=O) groups excluding carboxylic acids is 1. The number of carbonyl (C=O) groups is 1. The first-order chi connectivity index (χ1) is 14.1. The maximum atomic E-state index is 11.8. The number of hydrogen-bond acceptors (Lipinski definition) is 4. The Morgan fingerprint density at radius 1 is 1.23 bits per heavy atom. The van der Waals surface area contributed by atoms with Crippen LogP contribution in [0, 0.1) is 0 Å². The molecule has 156 valence electrons. The first-order valence-electron chi connectivity index (χ1n) is 10.2. The summed E-state index contributed by atoms with van der Waals surface area (Å²) < 4.78 is 11.9. The molecule has 0 saturated carbocycles. The summed E-state index contributed by atoms with van der Waals surface area (Å²) in [5.41, 5.74) is 5.53. The van der Waals surface area contributed by atoms with E-state index in [1.165, 1.54) is 11.6 Å². The summed E-state index contributed by atoms with van der Waals surface area (Å²) in [5.74, 6) is 1.35. The molecule has 0 aliphatic carbocycles. The van der Waals surface area contributed by atoms with E-state index in [1.54, 1.807) is 7.11 Å². The van der Waals surface area contributed by atoms with E-state index in [-0.39, 0.29) is 17.0 Å². The molecule has 0 spiro atoms. The van der Waals surface area contributed by atoms with Crippen molar-refractivity contribution < 1.29 is 14.3 Å². The van der Waals surface area contributed by atoms with Crippen molar-refractivity contribution in [1.29, 1.82) is 0 Å². The largest absolute Gasteiger partial charge is 0.493 e. The van der Waals surface area contributed by atoms with E-state index >= 15 is 0 Å². The van der Waals surface area contributed by atoms with E-state index in [9.17, 15) is 4.79 Å². The lowest BCUT2D eigenvalue weighted by molar-refractivity contribution is -0.111. The zero-order valence-corrected chi connectivity index (χ0v) is 18.3. The first-order valence-corrected chi connectivity index (χ1v) is 10.2. The van der Waals surface area contributed by atoms with Gasteiger partial charge in [0.2, 0.25) is 5.91 Å². The number of ether oxygens (including phenoxy) is 2. The molecule has 0 atom stereocenters. The second kappa shape index (κ2) is 7.01. The maximum absolute atomic E-state index is 11.8. The predicted molar refractivity (Wildman–Crippen MR) is 120 cm³/mol. The van der Waals surface area contributed by atoms with Crippen LogP contribution in [0.2, 0.25) is 0 Å². The van der Waals surface area contributed by atoms with Crippen molar-refractivity contribution in [2.24, 2.45) is 4.99 Å². The minimum Gasteiger partial charge on any atom is -0.493 e. The number of aliphatic imine (C=N–C) groups is 1. The number of hydrogen-bond donors (Lipinski definition) is 1. The molecule has 1 amide bonds. The molecular formula is C25H28N2O3. The lowest BCUT2D eigenvalue weighted by atomic mass is 9.81. The van der Waals surface area contributed by atoms with Gasteiger partial charge in [0.15, 0.2) is 11.5 Å². The van der Waals surface area contributed by atoms with Gasteiger partial charge in [0, 0.05) is 28.8 Å². The molecule has 0 saturated heterocycles. The normalized spacial score (nSPS) is 17.8. The lowest BCUT2D eigenvalue weighted by Gasteiger charge is -2.31. The molecule has 2 aliphatic heterocycles. The zero-order chi connectivity index (χ0) is 21.7. The van der Waals surface area contributed by atoms with Gasteiger partial charge in [-0.3, -0.25) is 9.79 Å². The number of methoxy groups -OCH3 is 1. The Kier molecular flexibility index (Phi) is 4.72. The van der Waals surface area contributed by atoms with Crippen LogP contribution in [-0.2, 0) is 17.6 Å². The third-order valence-electron chi connectivity index (χ3n) is 5.49. The number of fused-ring (bicyclic) bond motifs is 3. The summed E-state index contributed by atoms with van der Waals surface area (Å²) >= 11 is 0. The fraction of sp³-hybridized carbons (Fsp3) is 0.360. The van der Waals surface area contributed by atoms with Gasteiger partial charge in [-0.15, -0.1) is 0 Å². The third-order valence-corrected chi connectivity index (χ3v) is 5.49. The SMILES string of the molecule is C=CC(=O)Nc1cccc(C2=NC(C)(C)Cc3cc(OC)c4c(c32)CC(C)(C)O4)c1. The quantitative estimate of drug-likeness (QED) is 0.751. The van der Waals surface area contributed by atoms with Crippen molar-refractivity contribution in [1.82, 2.24) is 0 Å². The molecule has 2 aromatic rings. The highest BCUT2D eigenvalue weighted by Crippen LogP contribution is 2.47. The standard InChI is InChI=1S/C25H28N2O3/c1-7-20(28)26-17-10-8-9-15(11-17)22-21-16(13-24(2,3)27-22)12-19(29-6)23-18(21)14-25(4,5)30-23/h7-12H,1,13-14H2,2-6H3,(H,26,28). The number of rotatable bonds is 4. The second-order valence-electron chi connectivity index (χ2n) is 9.18. The summed E-state index contributed by atoms with van der Waals surface area (Å²) in [7, 11) is 1.69. The predicted octanol–water partition coefficient (Wildman–Crippen LogP) is 4.71. The summed E-state index contributed by atoms with van der Waals surface area (Å²) in [4.78, 5) is 16.9. The summed E-state index contributed by atoms with van der Waals surface area (Å²) in [5, 5.41) is 2.84. The highest BCUT2D eigenvalue weighted by atomic mass is 16.5. The van der Waals surface area contributed by atoms with Gasteiger partial charge in [-0.05, 0) is 64.0 Å². The molecule has 1 N–H and O–H groups in total. The van der Waals surface area contributed by atoms with Gasteiger partial charge in [-0.1, -0.05) is 18.7 Å². The number of benzene rings is 2. The van der Waals surface area contributed by atoms with Crippen LogP contribution >= 0.6 is 0 Å². The van der Waals surface area contributed by atoms with Crippen LogP contribution in [0.3, 0.4) is 0 Å². The molecule has 4 rings (SSSR count). The van der Waals surface area contributed by atoms with Crippen molar-refractivity contribution in [3.8, 4) is 11.5 Å². The van der Waals surface area contributed by atoms with E-state index in [2.05, 4.69) is 45.7 Å². The van der Waals surface area contributed by atoms with Crippen molar-refractivity contribution >= 4 is 17.3 Å². The van der Waals surface area contributed by atoms with Crippen LogP contribution in [0.25, 0.3) is 0 Å². The van der Waals surface area contributed by atoms with E-state index in [4.69, 9.17) is 14.5 Å². The number of anilines is 1. The van der Waals surface area contributed by atoms with Crippen LogP contribution in [-0.4, -0.2) is 29.9 Å². The molecular weight excluding hydrogens is 376 g/mol. The van der Waals surface area contributed by atoms with E-state index in [1.807, 2.05) is 24.3 Å². The highest BCUT2D eigenvalue weighted by Gasteiger charge is 2.39. The van der Waals surface area contributed by atoms with Gasteiger partial charge in [0.1, 0.15) is 5.60 Å². The molecule has 2 heterocycles. The zero-order valence-electron chi connectivity index (χ0n) is 18.3. The molecule has 0 fully saturated rings. The van der Waals surface area contributed by atoms with E-state index in [0.29, 0.717) is 5.69 Å². The van der Waals surface area contributed by atoms with Gasteiger partial charge < -0.3 is 14.8 Å². The monoisotopic (exact) mass is 404 g/mol. The van der Waals surface area contributed by atoms with Gasteiger partial charge in [-0.25, -0.2) is 0 Å². The molecule has 0 unspecified atom stereocenters. The molecule has 2 aliphatic rings. The summed E-state index contributed by atoms with van der Waals surface area (Å²) in [6, 6.07) is 9.89. The van der Waals surface area contributed by atoms with E-state index < -0.39 is 0 Å². The van der Waals surface area contributed by atoms with Gasteiger partial charge in [0.25, 0.3) is 0 Å². The Balaban J connectivity index is 1.90. The van der Waals surface area contributed by atoms with Crippen molar-refractivity contribution in [2.75, 3.05) is 12.4 Å². The highest BCUT2D eigenvalue weighted by molar-refractivity contribution is 6.16. The number of nitrogens with one attached hydrogen (secondary N) is 1. The van der Waals surface area contributed by atoms with Crippen LogP contribution in [0.1, 0.15) is 49.9 Å². The molecule has 5 nitrogen and oxygen atoms in total. The Bertz CT molecular complexity index is 1080. The summed E-state index contributed by atoms with van der Waals surface area (Å²) in [6.45, 7) is 12.0. The van der Waals surface area contributed by atoms with Gasteiger partial charge >= 0.3 is 0 Å². The Hall–Kier alpha value is -3.08. The topological polar surface area (TPSA) is 59.9 Å². The Morgan fingerprint density at radius 3 is 2.70 bits per heavy atom. The van der Waals surface area contributed by atoms with Gasteiger partial charge in [-0.2, -0.15) is 0 Å². The van der Waals surface area contributed by atoms with E-state index in [0.717, 1.165) is 46.7 Å². The fourth-order valence-electron chi connectivity index (χ4n) is 4.37. The fourth-order valence-corrected chi connectivity index (χ4v) is 4.37. The molecule has 30 heavy (non-hydrogen) atoms. The summed E-state index contributed by atoms with van der Waals surface area (Å²) in [6.07, 6.45) is 2.87. The number of amides is 1. The minimum atomic E-state index is -0.303. The van der Waals surface area contributed by atoms with Crippen molar-refractivity contribution in [2.45, 2.75) is 51.7 Å². The molecule has 0 aromatic heterocycles. The lowest BCUT2D eigenvalue weighted by Crippen LogP contribution is -2.30. The van der Waals surface area contributed by atoms with Crippen LogP contribution in [0.15, 0.2) is 48.0 Å². The molecule has 0 bridgehead atoms. The molecule has 0 radical (unpaired) electrons. The molecule has 5 heteroatoms. The maximum Gasteiger partial charge on any atom is 0.247 e. The van der Waals surface area contributed by atoms with Crippen LogP contribution in [0.4, 0.5) is 5.69 Å². The second-order valence-corrected chi connectivity index (χ2v) is 9.18. The first kappa shape index (κ1) is 20.2. The minimum absolute atomic E-state index is 0.237. The average Bonchev–Trinajstić information content (AvgIpc) is 3.00. The number of nitrogens with zero attached hydrogens (tertiary/aromatic N) is 1. The van der Waals surface area contributed by atoms with Crippen molar-refractivity contribution in [3.05, 3.63) is 65.2 Å². The Labute approximate surface area is 177 Å². The average molecular weight is 405 g/mol. The molecule has 2 aromatic carbocycles. The van der Waals surface area contributed by atoms with Crippen molar-refractivity contribution in [3.63, 3.8) is 0 Å². The van der Waals surface area contributed by atoms with Crippen LogP contribution < -0.4 is 14.8 Å². The smallest absolute Gasteiger partial charge is 0.247 e. The van der Waals surface area contributed by atoms with Gasteiger partial charge in [0.05, 0.1) is 18.4 Å².